The van der Waals surface area contributed by atoms with Crippen molar-refractivity contribution >= 4 is 45.7 Å². The van der Waals surface area contributed by atoms with Crippen molar-refractivity contribution in [1.29, 1.82) is 0 Å². The number of rotatable bonds is 12. The maximum Gasteiger partial charge on any atom is 0.320 e. The second-order valence-corrected chi connectivity index (χ2v) is 12.3. The molecule has 4 unspecified atom stereocenters. The Balaban J connectivity index is 0.000000195. The number of nitrogens with one attached hydrogen (secondary N) is 2. The summed E-state index contributed by atoms with van der Waals surface area (Å²) in [5, 5.41) is 36.5. The first-order valence-electron chi connectivity index (χ1n) is 16.9. The van der Waals surface area contributed by atoms with Crippen molar-refractivity contribution in [2.45, 2.75) is 49.9 Å². The van der Waals surface area contributed by atoms with Crippen LogP contribution in [0.15, 0.2) is 122 Å². The van der Waals surface area contributed by atoms with Crippen molar-refractivity contribution in [3.05, 3.63) is 144 Å². The third-order valence-electron chi connectivity index (χ3n) is 8.10. The average molecular weight is 739 g/mol. The lowest BCUT2D eigenvalue weighted by Gasteiger charge is -2.04. The fourth-order valence-corrected chi connectivity index (χ4v) is 5.16. The topological polar surface area (TPSA) is 285 Å². The number of carboxylic acid groups (broad SMARTS) is 4. The second kappa shape index (κ2) is 21.3. The quantitative estimate of drug-likeness (QED) is 0.0863. The summed E-state index contributed by atoms with van der Waals surface area (Å²) < 4.78 is 0. The summed E-state index contributed by atoms with van der Waals surface area (Å²) in [5.41, 5.74) is 27.5. The third-order valence-corrected chi connectivity index (χ3v) is 8.10. The molecule has 0 saturated heterocycles. The molecule has 14 N–H and O–H groups in total. The Morgan fingerprint density at radius 2 is 0.704 bits per heavy atom. The number of aromatic nitrogens is 2. The predicted molar refractivity (Wildman–Crippen MR) is 207 cm³/mol. The van der Waals surface area contributed by atoms with Gasteiger partial charge in [-0.15, -0.1) is 0 Å². The van der Waals surface area contributed by atoms with E-state index in [1.165, 1.54) is 0 Å². The van der Waals surface area contributed by atoms with Crippen LogP contribution in [0.25, 0.3) is 21.8 Å². The molecule has 0 aliphatic heterocycles. The molecular weight excluding hydrogens is 692 g/mol. The van der Waals surface area contributed by atoms with E-state index < -0.39 is 48.0 Å². The standard InChI is InChI=1S/2C11H12N2O2.2C9H11NO2/c2*12-9(11(14)15)5-7-6-13-10-4-2-1-3-8(7)10;2*10-8(9(11)12)6-7-4-2-1-3-5-7/h2*1-4,6,9,13H,5,12H2,(H,14,15);2*1-5,8H,6,10H2,(H,11,12). The Morgan fingerprint density at radius 1 is 0.426 bits per heavy atom. The Hall–Kier alpha value is -6.32. The molecule has 14 nitrogen and oxygen atoms in total. The van der Waals surface area contributed by atoms with Crippen molar-refractivity contribution in [1.82, 2.24) is 9.97 Å². The summed E-state index contributed by atoms with van der Waals surface area (Å²) in [6, 6.07) is 30.9. The van der Waals surface area contributed by atoms with Crippen LogP contribution in [0.5, 0.6) is 0 Å². The van der Waals surface area contributed by atoms with Crippen LogP contribution >= 0.6 is 0 Å². The molecule has 0 spiro atoms. The summed E-state index contributed by atoms with van der Waals surface area (Å²) >= 11 is 0. The van der Waals surface area contributed by atoms with Gasteiger partial charge in [-0.05, 0) is 47.2 Å². The molecule has 6 rings (SSSR count). The van der Waals surface area contributed by atoms with Crippen molar-refractivity contribution in [3.63, 3.8) is 0 Å². The molecule has 4 aromatic carbocycles. The van der Waals surface area contributed by atoms with E-state index in [-0.39, 0.29) is 0 Å². The minimum absolute atomic E-state index is 0.347. The normalized spacial score (nSPS) is 12.7. The number of fused-ring (bicyclic) bond motifs is 2. The molecule has 14 heteroatoms. The van der Waals surface area contributed by atoms with Crippen molar-refractivity contribution in [3.8, 4) is 0 Å². The molecule has 0 fully saturated rings. The second-order valence-electron chi connectivity index (χ2n) is 12.3. The van der Waals surface area contributed by atoms with Gasteiger partial charge in [0.15, 0.2) is 0 Å². The highest BCUT2D eigenvalue weighted by Gasteiger charge is 2.16. The van der Waals surface area contributed by atoms with E-state index in [4.69, 9.17) is 43.4 Å². The van der Waals surface area contributed by atoms with E-state index in [1.54, 1.807) is 0 Å². The van der Waals surface area contributed by atoms with Crippen LogP contribution in [0.2, 0.25) is 0 Å². The molecule has 0 bridgehead atoms. The highest BCUT2D eigenvalue weighted by molar-refractivity contribution is 5.85. The van der Waals surface area contributed by atoms with Gasteiger partial charge in [-0.1, -0.05) is 97.1 Å². The first-order chi connectivity index (χ1) is 25.8. The van der Waals surface area contributed by atoms with Gasteiger partial charge in [-0.3, -0.25) is 19.2 Å². The van der Waals surface area contributed by atoms with Crippen LogP contribution in [0.3, 0.4) is 0 Å². The number of H-pyrrole nitrogens is 2. The molecule has 0 radical (unpaired) electrons. The van der Waals surface area contributed by atoms with Gasteiger partial charge in [0, 0.05) is 47.0 Å². The molecule has 0 amide bonds. The smallest absolute Gasteiger partial charge is 0.320 e. The van der Waals surface area contributed by atoms with Crippen LogP contribution in [0, 0.1) is 0 Å². The Labute approximate surface area is 311 Å². The zero-order valence-electron chi connectivity index (χ0n) is 29.4. The third kappa shape index (κ3) is 13.7. The van der Waals surface area contributed by atoms with Gasteiger partial charge >= 0.3 is 23.9 Å². The molecule has 0 aliphatic carbocycles. The van der Waals surface area contributed by atoms with E-state index in [0.29, 0.717) is 25.7 Å². The van der Waals surface area contributed by atoms with Crippen LogP contribution in [0.4, 0.5) is 0 Å². The maximum atomic E-state index is 10.6. The number of hydrogen-bond donors (Lipinski definition) is 10. The highest BCUT2D eigenvalue weighted by Crippen LogP contribution is 2.19. The Kier molecular flexibility index (Phi) is 16.6. The van der Waals surface area contributed by atoms with E-state index in [0.717, 1.165) is 44.1 Å². The number of aliphatic carboxylic acids is 4. The lowest BCUT2D eigenvalue weighted by Crippen LogP contribution is -2.32. The van der Waals surface area contributed by atoms with E-state index in [9.17, 15) is 19.2 Å². The van der Waals surface area contributed by atoms with Gasteiger partial charge in [0.05, 0.1) is 0 Å². The first kappa shape index (κ1) is 42.1. The molecule has 2 aromatic heterocycles. The number of hydrogen-bond acceptors (Lipinski definition) is 8. The van der Waals surface area contributed by atoms with Crippen LogP contribution in [-0.2, 0) is 44.9 Å². The summed E-state index contributed by atoms with van der Waals surface area (Å²) in [7, 11) is 0. The molecule has 0 saturated carbocycles. The SMILES string of the molecule is NC(Cc1c[nH]c2ccccc12)C(=O)O.NC(Cc1c[nH]c2ccccc12)C(=O)O.NC(Cc1ccccc1)C(=O)O.NC(Cc1ccccc1)C(=O)O. The first-order valence-corrected chi connectivity index (χ1v) is 16.9. The summed E-state index contributed by atoms with van der Waals surface area (Å²) in [6.45, 7) is 0. The van der Waals surface area contributed by atoms with Crippen molar-refractivity contribution in [2.24, 2.45) is 22.9 Å². The summed E-state index contributed by atoms with van der Waals surface area (Å²) in [5.74, 6) is -3.86. The van der Waals surface area contributed by atoms with E-state index in [2.05, 4.69) is 9.97 Å². The van der Waals surface area contributed by atoms with Gasteiger partial charge in [0.2, 0.25) is 0 Å². The van der Waals surface area contributed by atoms with Gasteiger partial charge < -0.3 is 53.3 Å². The predicted octanol–water partition coefficient (Wildman–Crippen LogP) is 3.53. The largest absolute Gasteiger partial charge is 0.480 e. The number of carbonyl (C=O) groups is 4. The molecule has 6 aromatic rings. The zero-order chi connectivity index (χ0) is 39.6. The molecule has 54 heavy (non-hydrogen) atoms. The number of carboxylic acids is 4. The zero-order valence-corrected chi connectivity index (χ0v) is 29.4. The minimum Gasteiger partial charge on any atom is -0.480 e. The fourth-order valence-electron chi connectivity index (χ4n) is 5.16. The molecular formula is C40H46N6O8. The summed E-state index contributed by atoms with van der Waals surface area (Å²) in [6.07, 6.45) is 5.09. The van der Waals surface area contributed by atoms with Gasteiger partial charge in [-0.25, -0.2) is 0 Å². The number of nitrogens with two attached hydrogens (primary N) is 4. The molecule has 2 heterocycles. The summed E-state index contributed by atoms with van der Waals surface area (Å²) in [4.78, 5) is 48.2. The van der Waals surface area contributed by atoms with Crippen molar-refractivity contribution in [2.75, 3.05) is 0 Å². The van der Waals surface area contributed by atoms with E-state index in [1.807, 2.05) is 122 Å². The Bertz CT molecular complexity index is 1930. The maximum absolute atomic E-state index is 10.6. The fraction of sp³-hybridized carbons (Fsp3) is 0.200. The Morgan fingerprint density at radius 3 is 1.02 bits per heavy atom. The lowest BCUT2D eigenvalue weighted by atomic mass is 10.1. The minimum atomic E-state index is -0.972. The van der Waals surface area contributed by atoms with Crippen LogP contribution in [0.1, 0.15) is 22.3 Å². The van der Waals surface area contributed by atoms with Gasteiger partial charge in [0.1, 0.15) is 24.2 Å². The highest BCUT2D eigenvalue weighted by atomic mass is 16.4. The van der Waals surface area contributed by atoms with Crippen LogP contribution in [-0.4, -0.2) is 78.4 Å². The van der Waals surface area contributed by atoms with Crippen LogP contribution < -0.4 is 22.9 Å². The van der Waals surface area contributed by atoms with Gasteiger partial charge in [-0.2, -0.15) is 0 Å². The average Bonchev–Trinajstić information content (AvgIpc) is 3.77. The number of benzene rings is 4. The molecule has 0 aliphatic rings. The molecule has 284 valence electrons. The molecule has 4 atom stereocenters. The van der Waals surface area contributed by atoms with Gasteiger partial charge in [0.25, 0.3) is 0 Å². The number of aromatic amines is 2. The number of para-hydroxylation sites is 2. The monoisotopic (exact) mass is 738 g/mol. The van der Waals surface area contributed by atoms with Crippen molar-refractivity contribution < 1.29 is 39.6 Å². The van der Waals surface area contributed by atoms with E-state index >= 15 is 0 Å². The lowest BCUT2D eigenvalue weighted by molar-refractivity contribution is -0.139.